The van der Waals surface area contributed by atoms with Crippen LogP contribution < -0.4 is 11.1 Å². The van der Waals surface area contributed by atoms with E-state index in [9.17, 15) is 0 Å². The van der Waals surface area contributed by atoms with Crippen molar-refractivity contribution in [2.45, 2.75) is 12.5 Å². The molecule has 1 aliphatic rings. The molecule has 0 spiro atoms. The van der Waals surface area contributed by atoms with Gasteiger partial charge in [-0.1, -0.05) is 0 Å². The van der Waals surface area contributed by atoms with Gasteiger partial charge in [0, 0.05) is 6.54 Å². The van der Waals surface area contributed by atoms with Gasteiger partial charge in [-0.15, -0.1) is 5.10 Å². The van der Waals surface area contributed by atoms with Crippen LogP contribution in [-0.2, 0) is 0 Å². The van der Waals surface area contributed by atoms with Gasteiger partial charge in [0.2, 0.25) is 5.95 Å². The molecule has 5 heteroatoms. The fraction of sp³-hybridized carbons (Fsp3) is 0.667. The Labute approximate surface area is 64.6 Å². The van der Waals surface area contributed by atoms with Crippen molar-refractivity contribution in [3.63, 3.8) is 0 Å². The molecule has 2 rings (SSSR count). The summed E-state index contributed by atoms with van der Waals surface area (Å²) in [5.41, 5.74) is 5.38. The molecule has 1 aromatic heterocycles. The summed E-state index contributed by atoms with van der Waals surface area (Å²) in [6.45, 7) is 2.03. The van der Waals surface area contributed by atoms with Gasteiger partial charge < -0.3 is 11.1 Å². The Balaban J connectivity index is 2.15. The molecule has 1 fully saturated rings. The number of aromatic nitrogens is 3. The molecule has 1 saturated heterocycles. The smallest absolute Gasteiger partial charge is 0.239 e. The Morgan fingerprint density at radius 3 is 3.18 bits per heavy atom. The second kappa shape index (κ2) is 2.50. The first-order chi connectivity index (χ1) is 5.36. The maximum Gasteiger partial charge on any atom is 0.239 e. The fourth-order valence-corrected chi connectivity index (χ4v) is 1.33. The van der Waals surface area contributed by atoms with Gasteiger partial charge in [-0.3, -0.25) is 0 Å². The van der Waals surface area contributed by atoms with Gasteiger partial charge in [0.1, 0.15) is 6.33 Å². The third kappa shape index (κ3) is 1.19. The summed E-state index contributed by atoms with van der Waals surface area (Å²) in [5.74, 6) is 0.358. The molecular weight excluding hydrogens is 142 g/mol. The van der Waals surface area contributed by atoms with E-state index >= 15 is 0 Å². The number of rotatable bonds is 1. The van der Waals surface area contributed by atoms with Crippen LogP contribution in [-0.4, -0.2) is 27.9 Å². The number of nitrogens with two attached hydrogens (primary N) is 1. The maximum atomic E-state index is 5.38. The summed E-state index contributed by atoms with van der Waals surface area (Å²) >= 11 is 0. The summed E-state index contributed by atoms with van der Waals surface area (Å²) in [6, 6.07) is 0.444. The lowest BCUT2D eigenvalue weighted by molar-refractivity contribution is 0.490. The van der Waals surface area contributed by atoms with E-state index in [4.69, 9.17) is 5.73 Å². The first-order valence-electron chi connectivity index (χ1n) is 3.73. The monoisotopic (exact) mass is 153 g/mol. The Morgan fingerprint density at radius 2 is 2.64 bits per heavy atom. The topological polar surface area (TPSA) is 68.8 Å². The quantitative estimate of drug-likeness (QED) is 0.565. The van der Waals surface area contributed by atoms with E-state index in [-0.39, 0.29) is 0 Å². The highest BCUT2D eigenvalue weighted by molar-refractivity contribution is 5.09. The summed E-state index contributed by atoms with van der Waals surface area (Å²) in [5, 5.41) is 7.29. The molecule has 0 saturated carbocycles. The molecule has 1 atom stereocenters. The normalized spacial score (nSPS) is 24.2. The van der Waals surface area contributed by atoms with E-state index in [0.717, 1.165) is 19.5 Å². The highest BCUT2D eigenvalue weighted by Crippen LogP contribution is 2.12. The van der Waals surface area contributed by atoms with Gasteiger partial charge in [0.05, 0.1) is 6.04 Å². The zero-order valence-electron chi connectivity index (χ0n) is 6.20. The molecule has 60 valence electrons. The van der Waals surface area contributed by atoms with Gasteiger partial charge in [0.25, 0.3) is 0 Å². The molecule has 0 bridgehead atoms. The lowest BCUT2D eigenvalue weighted by atomic mass is 10.3. The van der Waals surface area contributed by atoms with Gasteiger partial charge in [-0.25, -0.2) is 9.67 Å². The van der Waals surface area contributed by atoms with Crippen molar-refractivity contribution in [1.82, 2.24) is 20.1 Å². The predicted molar refractivity (Wildman–Crippen MR) is 41.0 cm³/mol. The number of nitrogen functional groups attached to an aromatic ring is 1. The number of hydrogen-bond acceptors (Lipinski definition) is 4. The molecular formula is C6H11N5. The van der Waals surface area contributed by atoms with Crippen molar-refractivity contribution in [1.29, 1.82) is 0 Å². The standard InChI is InChI=1S/C6H11N5/c7-6-9-4-11(10-6)5-1-2-8-3-5/h4-5,8H,1-3H2,(H2,7,10). The highest BCUT2D eigenvalue weighted by Gasteiger charge is 2.16. The first-order valence-corrected chi connectivity index (χ1v) is 3.73. The van der Waals surface area contributed by atoms with Crippen LogP contribution in [0.3, 0.4) is 0 Å². The minimum absolute atomic E-state index is 0.358. The molecule has 1 unspecified atom stereocenters. The largest absolute Gasteiger partial charge is 0.367 e. The zero-order valence-corrected chi connectivity index (χ0v) is 6.20. The van der Waals surface area contributed by atoms with Gasteiger partial charge in [0.15, 0.2) is 0 Å². The van der Waals surface area contributed by atoms with Crippen molar-refractivity contribution >= 4 is 5.95 Å². The average molecular weight is 153 g/mol. The van der Waals surface area contributed by atoms with Crippen molar-refractivity contribution in [2.75, 3.05) is 18.8 Å². The molecule has 3 N–H and O–H groups in total. The molecule has 1 aliphatic heterocycles. The van der Waals surface area contributed by atoms with Gasteiger partial charge in [-0.05, 0) is 13.0 Å². The van der Waals surface area contributed by atoms with E-state index in [0.29, 0.717) is 12.0 Å². The summed E-state index contributed by atoms with van der Waals surface area (Å²) in [4.78, 5) is 3.86. The third-order valence-electron chi connectivity index (χ3n) is 1.93. The number of nitrogens with zero attached hydrogens (tertiary/aromatic N) is 3. The number of anilines is 1. The molecule has 1 aromatic rings. The minimum atomic E-state index is 0.358. The van der Waals surface area contributed by atoms with Crippen LogP contribution in [0.2, 0.25) is 0 Å². The SMILES string of the molecule is Nc1ncn(C2CCNC2)n1. The Hall–Kier alpha value is -1.10. The Kier molecular flexibility index (Phi) is 1.50. The van der Waals surface area contributed by atoms with Crippen LogP contribution in [0.4, 0.5) is 5.95 Å². The second-order valence-corrected chi connectivity index (χ2v) is 2.73. The van der Waals surface area contributed by atoms with Crippen LogP contribution in [0, 0.1) is 0 Å². The number of hydrogen-bond donors (Lipinski definition) is 2. The lowest BCUT2D eigenvalue weighted by Gasteiger charge is -2.05. The van der Waals surface area contributed by atoms with E-state index in [1.165, 1.54) is 0 Å². The summed E-state index contributed by atoms with van der Waals surface area (Å²) in [6.07, 6.45) is 2.80. The van der Waals surface area contributed by atoms with E-state index in [2.05, 4.69) is 15.4 Å². The van der Waals surface area contributed by atoms with E-state index in [1.54, 1.807) is 6.33 Å². The van der Waals surface area contributed by atoms with Crippen molar-refractivity contribution in [3.05, 3.63) is 6.33 Å². The van der Waals surface area contributed by atoms with Crippen molar-refractivity contribution < 1.29 is 0 Å². The van der Waals surface area contributed by atoms with Gasteiger partial charge >= 0.3 is 0 Å². The molecule has 0 aliphatic carbocycles. The second-order valence-electron chi connectivity index (χ2n) is 2.73. The van der Waals surface area contributed by atoms with Gasteiger partial charge in [-0.2, -0.15) is 0 Å². The van der Waals surface area contributed by atoms with E-state index in [1.807, 2.05) is 4.68 Å². The molecule has 5 nitrogen and oxygen atoms in total. The molecule has 0 radical (unpaired) electrons. The highest BCUT2D eigenvalue weighted by atomic mass is 15.4. The van der Waals surface area contributed by atoms with Crippen LogP contribution in [0.5, 0.6) is 0 Å². The van der Waals surface area contributed by atoms with Crippen LogP contribution >= 0.6 is 0 Å². The molecule has 0 aromatic carbocycles. The number of nitrogens with one attached hydrogen (secondary N) is 1. The summed E-state index contributed by atoms with van der Waals surface area (Å²) in [7, 11) is 0. The van der Waals surface area contributed by atoms with Crippen LogP contribution in [0.15, 0.2) is 6.33 Å². The average Bonchev–Trinajstić information content (AvgIpc) is 2.55. The lowest BCUT2D eigenvalue weighted by Crippen LogP contribution is -2.13. The first kappa shape index (κ1) is 6.60. The van der Waals surface area contributed by atoms with E-state index < -0.39 is 0 Å². The van der Waals surface area contributed by atoms with Crippen molar-refractivity contribution in [3.8, 4) is 0 Å². The fourth-order valence-electron chi connectivity index (χ4n) is 1.33. The predicted octanol–water partition coefficient (Wildman–Crippen LogP) is -0.605. The molecule has 11 heavy (non-hydrogen) atoms. The van der Waals surface area contributed by atoms with Crippen LogP contribution in [0.1, 0.15) is 12.5 Å². The Morgan fingerprint density at radius 1 is 1.73 bits per heavy atom. The Bertz CT molecular complexity index is 237. The minimum Gasteiger partial charge on any atom is -0.367 e. The van der Waals surface area contributed by atoms with Crippen molar-refractivity contribution in [2.24, 2.45) is 0 Å². The maximum absolute atomic E-state index is 5.38. The summed E-state index contributed by atoms with van der Waals surface area (Å²) < 4.78 is 1.83. The zero-order chi connectivity index (χ0) is 7.68. The van der Waals surface area contributed by atoms with Crippen LogP contribution in [0.25, 0.3) is 0 Å². The third-order valence-corrected chi connectivity index (χ3v) is 1.93. The molecule has 0 amide bonds. The molecule has 2 heterocycles.